The van der Waals surface area contributed by atoms with Gasteiger partial charge in [0.2, 0.25) is 6.79 Å². The zero-order valence-corrected chi connectivity index (χ0v) is 14.8. The molecule has 1 aliphatic rings. The van der Waals surface area contributed by atoms with Gasteiger partial charge >= 0.3 is 12.6 Å². The van der Waals surface area contributed by atoms with Gasteiger partial charge in [-0.15, -0.1) is 0 Å². The first-order chi connectivity index (χ1) is 13.0. The highest BCUT2D eigenvalue weighted by Crippen LogP contribution is 2.32. The molecule has 8 heteroatoms. The number of benzene rings is 2. The number of carbonyl (C=O) groups excluding carboxylic acids is 1. The van der Waals surface area contributed by atoms with Crippen LogP contribution in [0.4, 0.5) is 13.6 Å². The Morgan fingerprint density at radius 1 is 1.15 bits per heavy atom. The second-order valence-electron chi connectivity index (χ2n) is 6.05. The number of hydrogen-bond acceptors (Lipinski definition) is 4. The van der Waals surface area contributed by atoms with Crippen molar-refractivity contribution in [2.45, 2.75) is 19.6 Å². The highest BCUT2D eigenvalue weighted by atomic mass is 19.3. The maximum absolute atomic E-state index is 12.2. The minimum absolute atomic E-state index is 0.112. The first-order valence-electron chi connectivity index (χ1n) is 8.42. The SMILES string of the molecule is CN(Cc1ccc2c(c1)OCO2)C(=O)NCCc1ccc(OC(F)F)cc1. The Kier molecular flexibility index (Phi) is 5.95. The van der Waals surface area contributed by atoms with Crippen LogP contribution >= 0.6 is 0 Å². The minimum Gasteiger partial charge on any atom is -0.454 e. The Morgan fingerprint density at radius 2 is 1.85 bits per heavy atom. The molecule has 0 saturated heterocycles. The lowest BCUT2D eigenvalue weighted by Crippen LogP contribution is -2.37. The average Bonchev–Trinajstić information content (AvgIpc) is 3.10. The van der Waals surface area contributed by atoms with Crippen LogP contribution in [0.15, 0.2) is 42.5 Å². The Balaban J connectivity index is 1.43. The molecule has 0 radical (unpaired) electrons. The molecule has 0 saturated carbocycles. The molecule has 0 atom stereocenters. The van der Waals surface area contributed by atoms with Gasteiger partial charge in [0.25, 0.3) is 0 Å². The number of amides is 2. The summed E-state index contributed by atoms with van der Waals surface area (Å²) < 4.78 is 39.1. The van der Waals surface area contributed by atoms with Crippen molar-refractivity contribution < 1.29 is 27.8 Å². The highest BCUT2D eigenvalue weighted by molar-refractivity contribution is 5.73. The molecule has 0 aliphatic carbocycles. The molecule has 2 aromatic rings. The molecule has 144 valence electrons. The van der Waals surface area contributed by atoms with Gasteiger partial charge in [-0.25, -0.2) is 4.79 Å². The third-order valence-electron chi connectivity index (χ3n) is 4.04. The lowest BCUT2D eigenvalue weighted by atomic mass is 10.1. The van der Waals surface area contributed by atoms with Crippen molar-refractivity contribution in [1.82, 2.24) is 10.2 Å². The predicted molar refractivity (Wildman–Crippen MR) is 94.2 cm³/mol. The lowest BCUT2D eigenvalue weighted by Gasteiger charge is -2.18. The first-order valence-corrected chi connectivity index (χ1v) is 8.42. The standard InChI is InChI=1S/C19H20F2N2O4/c1-23(11-14-4-7-16-17(10-14)26-12-25-16)19(24)22-9-8-13-2-5-15(6-3-13)27-18(20)21/h2-7,10,18H,8-9,11-12H2,1H3,(H,22,24). The van der Waals surface area contributed by atoms with Crippen LogP contribution in [-0.2, 0) is 13.0 Å². The van der Waals surface area contributed by atoms with Gasteiger partial charge in [-0.2, -0.15) is 8.78 Å². The molecule has 1 N–H and O–H groups in total. The van der Waals surface area contributed by atoms with E-state index in [0.717, 1.165) is 11.1 Å². The maximum atomic E-state index is 12.2. The van der Waals surface area contributed by atoms with Gasteiger partial charge in [-0.3, -0.25) is 0 Å². The normalized spacial score (nSPS) is 12.1. The molecule has 2 amide bonds. The zero-order chi connectivity index (χ0) is 19.2. The number of alkyl halides is 2. The smallest absolute Gasteiger partial charge is 0.387 e. The van der Waals surface area contributed by atoms with Gasteiger partial charge in [-0.1, -0.05) is 18.2 Å². The first kappa shape index (κ1) is 18.8. The van der Waals surface area contributed by atoms with Gasteiger partial charge in [0.15, 0.2) is 11.5 Å². The summed E-state index contributed by atoms with van der Waals surface area (Å²) >= 11 is 0. The van der Waals surface area contributed by atoms with E-state index < -0.39 is 6.61 Å². The van der Waals surface area contributed by atoms with E-state index in [0.29, 0.717) is 31.0 Å². The quantitative estimate of drug-likeness (QED) is 0.802. The Labute approximate surface area is 155 Å². The van der Waals surface area contributed by atoms with Gasteiger partial charge in [0.05, 0.1) is 0 Å². The van der Waals surface area contributed by atoms with E-state index in [1.165, 1.54) is 12.1 Å². The highest BCUT2D eigenvalue weighted by Gasteiger charge is 2.15. The number of ether oxygens (including phenoxy) is 3. The molecule has 0 fully saturated rings. The van der Waals surface area contributed by atoms with Crippen molar-refractivity contribution in [3.8, 4) is 17.2 Å². The third-order valence-corrected chi connectivity index (χ3v) is 4.04. The zero-order valence-electron chi connectivity index (χ0n) is 14.8. The molecule has 1 aliphatic heterocycles. The fourth-order valence-electron chi connectivity index (χ4n) is 2.67. The van der Waals surface area contributed by atoms with Crippen LogP contribution in [0.25, 0.3) is 0 Å². The van der Waals surface area contributed by atoms with Crippen molar-refractivity contribution in [1.29, 1.82) is 0 Å². The van der Waals surface area contributed by atoms with E-state index in [9.17, 15) is 13.6 Å². The molecular weight excluding hydrogens is 358 g/mol. The number of carbonyl (C=O) groups is 1. The van der Waals surface area contributed by atoms with E-state index in [1.54, 1.807) is 24.1 Å². The van der Waals surface area contributed by atoms with Crippen LogP contribution in [0, 0.1) is 0 Å². The Morgan fingerprint density at radius 3 is 2.59 bits per heavy atom. The van der Waals surface area contributed by atoms with Crippen LogP contribution in [-0.4, -0.2) is 37.9 Å². The fourth-order valence-corrected chi connectivity index (χ4v) is 2.67. The largest absolute Gasteiger partial charge is 0.454 e. The summed E-state index contributed by atoms with van der Waals surface area (Å²) in [5.74, 6) is 1.50. The number of rotatable bonds is 7. The van der Waals surface area contributed by atoms with Crippen molar-refractivity contribution in [3.05, 3.63) is 53.6 Å². The number of hydrogen-bond donors (Lipinski definition) is 1. The van der Waals surface area contributed by atoms with E-state index in [4.69, 9.17) is 9.47 Å². The minimum atomic E-state index is -2.84. The van der Waals surface area contributed by atoms with Gasteiger partial charge < -0.3 is 24.4 Å². The number of nitrogens with one attached hydrogen (secondary N) is 1. The lowest BCUT2D eigenvalue weighted by molar-refractivity contribution is -0.0498. The second kappa shape index (κ2) is 8.57. The topological polar surface area (TPSA) is 60.0 Å². The second-order valence-corrected chi connectivity index (χ2v) is 6.05. The third kappa shape index (κ3) is 5.22. The van der Waals surface area contributed by atoms with Gasteiger partial charge in [-0.05, 0) is 41.8 Å². The van der Waals surface area contributed by atoms with E-state index in [2.05, 4.69) is 10.1 Å². The molecular formula is C19H20F2N2O4. The molecule has 3 rings (SSSR count). The molecule has 0 spiro atoms. The van der Waals surface area contributed by atoms with Crippen LogP contribution in [0.1, 0.15) is 11.1 Å². The van der Waals surface area contributed by atoms with E-state index in [1.807, 2.05) is 18.2 Å². The summed E-state index contributed by atoms with van der Waals surface area (Å²) in [5, 5.41) is 2.83. The maximum Gasteiger partial charge on any atom is 0.387 e. The van der Waals surface area contributed by atoms with Crippen molar-refractivity contribution in [2.24, 2.45) is 0 Å². The number of fused-ring (bicyclic) bond motifs is 1. The molecule has 0 bridgehead atoms. The molecule has 2 aromatic carbocycles. The number of halogens is 2. The van der Waals surface area contributed by atoms with Gasteiger partial charge in [0, 0.05) is 20.1 Å². The van der Waals surface area contributed by atoms with Crippen LogP contribution < -0.4 is 19.5 Å². The summed E-state index contributed by atoms with van der Waals surface area (Å²) in [6, 6.07) is 11.7. The predicted octanol–water partition coefficient (Wildman–Crippen LogP) is 3.40. The van der Waals surface area contributed by atoms with E-state index >= 15 is 0 Å². The van der Waals surface area contributed by atoms with Crippen LogP contribution in [0.2, 0.25) is 0 Å². The number of nitrogens with zero attached hydrogens (tertiary/aromatic N) is 1. The van der Waals surface area contributed by atoms with Crippen molar-refractivity contribution >= 4 is 6.03 Å². The summed E-state index contributed by atoms with van der Waals surface area (Å²) in [5.41, 5.74) is 1.85. The van der Waals surface area contributed by atoms with Crippen molar-refractivity contribution in [2.75, 3.05) is 20.4 Å². The van der Waals surface area contributed by atoms with E-state index in [-0.39, 0.29) is 18.6 Å². The molecule has 6 nitrogen and oxygen atoms in total. The summed E-state index contributed by atoms with van der Waals surface area (Å²) in [6.45, 7) is -1.76. The Hall–Kier alpha value is -3.03. The van der Waals surface area contributed by atoms with Gasteiger partial charge in [0.1, 0.15) is 5.75 Å². The summed E-state index contributed by atoms with van der Waals surface area (Å²) in [6.07, 6.45) is 0.582. The molecule has 27 heavy (non-hydrogen) atoms. The van der Waals surface area contributed by atoms with Crippen LogP contribution in [0.5, 0.6) is 17.2 Å². The summed E-state index contributed by atoms with van der Waals surface area (Å²) in [4.78, 5) is 13.8. The van der Waals surface area contributed by atoms with Crippen LogP contribution in [0.3, 0.4) is 0 Å². The van der Waals surface area contributed by atoms with Crippen molar-refractivity contribution in [3.63, 3.8) is 0 Å². The number of urea groups is 1. The molecule has 0 aromatic heterocycles. The Bertz CT molecular complexity index is 784. The fraction of sp³-hybridized carbons (Fsp3) is 0.316. The molecule has 0 unspecified atom stereocenters. The monoisotopic (exact) mass is 378 g/mol. The average molecular weight is 378 g/mol. The summed E-state index contributed by atoms with van der Waals surface area (Å²) in [7, 11) is 1.70. The molecule has 1 heterocycles.